The standard InChI is InChI=1S/C17H25N5O2/c1-14(23-2)17-19-16(24-20-17)13-22-9-5-8-21(10-11-22)12-15-6-3-4-7-18-15/h3-4,6-7,14H,5,8-13H2,1-2H3/t14-/m0/s1. The predicted molar refractivity (Wildman–Crippen MR) is 89.1 cm³/mol. The van der Waals surface area contributed by atoms with E-state index in [9.17, 15) is 0 Å². The van der Waals surface area contributed by atoms with Crippen molar-refractivity contribution in [3.63, 3.8) is 0 Å². The number of rotatable bonds is 6. The molecule has 7 heteroatoms. The minimum Gasteiger partial charge on any atom is -0.374 e. The van der Waals surface area contributed by atoms with Crippen molar-refractivity contribution in [1.82, 2.24) is 24.9 Å². The molecular weight excluding hydrogens is 306 g/mol. The van der Waals surface area contributed by atoms with Gasteiger partial charge in [-0.2, -0.15) is 4.98 Å². The summed E-state index contributed by atoms with van der Waals surface area (Å²) in [6.45, 7) is 7.65. The summed E-state index contributed by atoms with van der Waals surface area (Å²) in [4.78, 5) is 13.7. The third kappa shape index (κ3) is 4.59. The molecule has 3 heterocycles. The van der Waals surface area contributed by atoms with Crippen molar-refractivity contribution < 1.29 is 9.26 Å². The van der Waals surface area contributed by atoms with Gasteiger partial charge < -0.3 is 9.26 Å². The second kappa shape index (κ2) is 8.32. The van der Waals surface area contributed by atoms with Crippen LogP contribution in [0.1, 0.15) is 36.9 Å². The fourth-order valence-corrected chi connectivity index (χ4v) is 2.86. The van der Waals surface area contributed by atoms with Gasteiger partial charge in [-0.1, -0.05) is 11.2 Å². The van der Waals surface area contributed by atoms with Gasteiger partial charge in [0.2, 0.25) is 5.89 Å². The van der Waals surface area contributed by atoms with E-state index in [1.54, 1.807) is 7.11 Å². The summed E-state index contributed by atoms with van der Waals surface area (Å²) in [6, 6.07) is 6.08. The SMILES string of the molecule is CO[C@@H](C)c1noc(CN2CCCN(Cc3ccccn3)CC2)n1. The Morgan fingerprint density at radius 1 is 1.17 bits per heavy atom. The molecule has 0 saturated carbocycles. The number of nitrogens with zero attached hydrogens (tertiary/aromatic N) is 5. The Morgan fingerprint density at radius 2 is 1.96 bits per heavy atom. The Balaban J connectivity index is 1.51. The number of pyridine rings is 1. The molecule has 0 amide bonds. The topological polar surface area (TPSA) is 67.5 Å². The van der Waals surface area contributed by atoms with E-state index in [4.69, 9.17) is 9.26 Å². The molecule has 1 aliphatic rings. The number of ether oxygens (including phenoxy) is 1. The zero-order valence-electron chi connectivity index (χ0n) is 14.4. The molecule has 1 saturated heterocycles. The maximum atomic E-state index is 5.35. The molecule has 1 aliphatic heterocycles. The lowest BCUT2D eigenvalue weighted by Crippen LogP contribution is -2.30. The fourth-order valence-electron chi connectivity index (χ4n) is 2.86. The molecule has 1 atom stereocenters. The van der Waals surface area contributed by atoms with Crippen LogP contribution in [-0.4, -0.2) is 58.2 Å². The van der Waals surface area contributed by atoms with E-state index in [2.05, 4.69) is 31.0 Å². The Hall–Kier alpha value is -1.83. The van der Waals surface area contributed by atoms with E-state index in [0.29, 0.717) is 18.3 Å². The molecule has 0 spiro atoms. The second-order valence-corrected chi connectivity index (χ2v) is 6.15. The van der Waals surface area contributed by atoms with Crippen molar-refractivity contribution >= 4 is 0 Å². The normalized spacial score (nSPS) is 18.4. The first-order chi connectivity index (χ1) is 11.7. The van der Waals surface area contributed by atoms with E-state index >= 15 is 0 Å². The Labute approximate surface area is 142 Å². The first-order valence-electron chi connectivity index (χ1n) is 8.44. The molecule has 7 nitrogen and oxygen atoms in total. The van der Waals surface area contributed by atoms with Crippen LogP contribution in [0.25, 0.3) is 0 Å². The quantitative estimate of drug-likeness (QED) is 0.800. The monoisotopic (exact) mass is 331 g/mol. The summed E-state index contributed by atoms with van der Waals surface area (Å²) in [5.41, 5.74) is 1.13. The van der Waals surface area contributed by atoms with Crippen LogP contribution in [0.2, 0.25) is 0 Å². The van der Waals surface area contributed by atoms with E-state index in [1.807, 2.05) is 25.3 Å². The smallest absolute Gasteiger partial charge is 0.240 e. The molecule has 0 unspecified atom stereocenters. The van der Waals surface area contributed by atoms with Gasteiger partial charge in [-0.3, -0.25) is 14.8 Å². The summed E-state index contributed by atoms with van der Waals surface area (Å²) >= 11 is 0. The number of hydrogen-bond donors (Lipinski definition) is 0. The van der Waals surface area contributed by atoms with Crippen molar-refractivity contribution in [2.45, 2.75) is 32.5 Å². The highest BCUT2D eigenvalue weighted by Gasteiger charge is 2.19. The van der Waals surface area contributed by atoms with Gasteiger partial charge in [-0.15, -0.1) is 0 Å². The minimum absolute atomic E-state index is 0.138. The summed E-state index contributed by atoms with van der Waals surface area (Å²) in [6.07, 6.45) is 2.84. The van der Waals surface area contributed by atoms with Gasteiger partial charge in [0.1, 0.15) is 6.10 Å². The Bertz CT molecular complexity index is 618. The predicted octanol–water partition coefficient (Wildman–Crippen LogP) is 1.88. The highest BCUT2D eigenvalue weighted by Crippen LogP contribution is 2.14. The molecule has 2 aromatic rings. The summed E-state index contributed by atoms with van der Waals surface area (Å²) in [5, 5.41) is 3.99. The average molecular weight is 331 g/mol. The van der Waals surface area contributed by atoms with Gasteiger partial charge in [0.15, 0.2) is 5.82 Å². The largest absolute Gasteiger partial charge is 0.374 e. The number of methoxy groups -OCH3 is 1. The van der Waals surface area contributed by atoms with E-state index in [1.165, 1.54) is 0 Å². The van der Waals surface area contributed by atoms with Crippen LogP contribution < -0.4 is 0 Å². The lowest BCUT2D eigenvalue weighted by atomic mass is 10.3. The highest BCUT2D eigenvalue weighted by molar-refractivity contribution is 5.03. The van der Waals surface area contributed by atoms with E-state index < -0.39 is 0 Å². The fraction of sp³-hybridized carbons (Fsp3) is 0.588. The highest BCUT2D eigenvalue weighted by atomic mass is 16.5. The van der Waals surface area contributed by atoms with Crippen LogP contribution in [0.5, 0.6) is 0 Å². The minimum atomic E-state index is -0.138. The lowest BCUT2D eigenvalue weighted by molar-refractivity contribution is 0.109. The van der Waals surface area contributed by atoms with E-state index in [-0.39, 0.29) is 6.10 Å². The van der Waals surface area contributed by atoms with Crippen LogP contribution in [0, 0.1) is 0 Å². The first-order valence-corrected chi connectivity index (χ1v) is 8.44. The zero-order valence-corrected chi connectivity index (χ0v) is 14.4. The van der Waals surface area contributed by atoms with Gasteiger partial charge in [0.05, 0.1) is 12.2 Å². The van der Waals surface area contributed by atoms with Gasteiger partial charge in [-0.05, 0) is 38.6 Å². The van der Waals surface area contributed by atoms with Crippen molar-refractivity contribution in [3.05, 3.63) is 41.8 Å². The molecule has 0 radical (unpaired) electrons. The molecule has 130 valence electrons. The second-order valence-electron chi connectivity index (χ2n) is 6.15. The maximum absolute atomic E-state index is 5.35. The molecular formula is C17H25N5O2. The van der Waals surface area contributed by atoms with Gasteiger partial charge >= 0.3 is 0 Å². The molecule has 0 aliphatic carbocycles. The number of aromatic nitrogens is 3. The molecule has 24 heavy (non-hydrogen) atoms. The van der Waals surface area contributed by atoms with Crippen molar-refractivity contribution in [2.75, 3.05) is 33.3 Å². The summed E-state index contributed by atoms with van der Waals surface area (Å²) < 4.78 is 10.6. The molecule has 1 fully saturated rings. The van der Waals surface area contributed by atoms with Gasteiger partial charge in [-0.25, -0.2) is 0 Å². The lowest BCUT2D eigenvalue weighted by Gasteiger charge is -2.20. The molecule has 0 bridgehead atoms. The van der Waals surface area contributed by atoms with Crippen LogP contribution in [-0.2, 0) is 17.8 Å². The molecule has 0 aromatic carbocycles. The van der Waals surface area contributed by atoms with Gasteiger partial charge in [0, 0.05) is 32.9 Å². The van der Waals surface area contributed by atoms with Crippen LogP contribution in [0.4, 0.5) is 0 Å². The van der Waals surface area contributed by atoms with E-state index in [0.717, 1.165) is 44.8 Å². The summed E-state index contributed by atoms with van der Waals surface area (Å²) in [7, 11) is 1.64. The van der Waals surface area contributed by atoms with Gasteiger partial charge in [0.25, 0.3) is 0 Å². The van der Waals surface area contributed by atoms with Crippen LogP contribution >= 0.6 is 0 Å². The third-order valence-corrected chi connectivity index (χ3v) is 4.35. The van der Waals surface area contributed by atoms with Crippen molar-refractivity contribution in [2.24, 2.45) is 0 Å². The van der Waals surface area contributed by atoms with Crippen LogP contribution in [0.15, 0.2) is 28.9 Å². The third-order valence-electron chi connectivity index (χ3n) is 4.35. The van der Waals surface area contributed by atoms with Crippen molar-refractivity contribution in [3.8, 4) is 0 Å². The Kier molecular flexibility index (Phi) is 5.90. The Morgan fingerprint density at radius 3 is 2.67 bits per heavy atom. The van der Waals surface area contributed by atoms with Crippen LogP contribution in [0.3, 0.4) is 0 Å². The maximum Gasteiger partial charge on any atom is 0.240 e. The molecule has 3 rings (SSSR count). The zero-order chi connectivity index (χ0) is 16.8. The average Bonchev–Trinajstić information content (AvgIpc) is 2.97. The molecule has 0 N–H and O–H groups in total. The first kappa shape index (κ1) is 17.0. The van der Waals surface area contributed by atoms with Crippen molar-refractivity contribution in [1.29, 1.82) is 0 Å². The molecule has 2 aromatic heterocycles. The summed E-state index contributed by atoms with van der Waals surface area (Å²) in [5.74, 6) is 1.27. The number of hydrogen-bond acceptors (Lipinski definition) is 7.